The Morgan fingerprint density at radius 1 is 0.882 bits per heavy atom. The molecule has 1 aliphatic rings. The van der Waals surface area contributed by atoms with Gasteiger partial charge in [-0.15, -0.1) is 0 Å². The number of fused-ring (bicyclic) bond motifs is 1. The van der Waals surface area contributed by atoms with E-state index in [0.717, 1.165) is 68.0 Å². The Balaban J connectivity index is 1.16. The second-order valence-electron chi connectivity index (χ2n) is 9.04. The molecule has 0 spiro atoms. The van der Waals surface area contributed by atoms with Crippen LogP contribution < -0.4 is 10.6 Å². The monoisotopic (exact) mass is 457 g/mol. The van der Waals surface area contributed by atoms with Crippen LogP contribution in [0, 0.1) is 5.82 Å². The summed E-state index contributed by atoms with van der Waals surface area (Å²) < 4.78 is 15.6. The molecule has 1 aromatic heterocycles. The summed E-state index contributed by atoms with van der Waals surface area (Å²) >= 11 is 0. The number of likely N-dealkylation sites (tertiary alicyclic amines) is 1. The van der Waals surface area contributed by atoms with Gasteiger partial charge in [-0.1, -0.05) is 42.5 Å². The molecule has 0 unspecified atom stereocenters. The molecule has 0 amide bonds. The first-order chi connectivity index (χ1) is 16.7. The molecule has 1 fully saturated rings. The molecule has 1 aliphatic heterocycles. The lowest BCUT2D eigenvalue weighted by Crippen LogP contribution is -2.40. The van der Waals surface area contributed by atoms with Crippen LogP contribution in [0.25, 0.3) is 11.0 Å². The van der Waals surface area contributed by atoms with Crippen molar-refractivity contribution in [3.63, 3.8) is 0 Å². The summed E-state index contributed by atoms with van der Waals surface area (Å²) in [5, 5.41) is 7.22. The maximum absolute atomic E-state index is 13.4. The third kappa shape index (κ3) is 5.57. The molecule has 0 bridgehead atoms. The van der Waals surface area contributed by atoms with Crippen LogP contribution in [0.3, 0.4) is 0 Å². The van der Waals surface area contributed by atoms with Crippen molar-refractivity contribution < 1.29 is 4.39 Å². The number of aromatic nitrogens is 2. The van der Waals surface area contributed by atoms with E-state index in [2.05, 4.69) is 50.4 Å². The van der Waals surface area contributed by atoms with Gasteiger partial charge in [0.25, 0.3) is 0 Å². The molecule has 34 heavy (non-hydrogen) atoms. The van der Waals surface area contributed by atoms with Crippen LogP contribution in [0.15, 0.2) is 78.9 Å². The maximum Gasteiger partial charge on any atom is 0.204 e. The Hall–Kier alpha value is -3.38. The average Bonchev–Trinajstić information content (AvgIpc) is 3.21. The molecule has 0 radical (unpaired) electrons. The molecule has 176 valence electrons. The summed E-state index contributed by atoms with van der Waals surface area (Å²) in [6, 6.07) is 25.7. The van der Waals surface area contributed by atoms with Crippen molar-refractivity contribution >= 4 is 22.7 Å². The number of piperidine rings is 1. The summed E-state index contributed by atoms with van der Waals surface area (Å²) in [4.78, 5) is 7.45. The molecule has 0 saturated carbocycles. The van der Waals surface area contributed by atoms with Gasteiger partial charge in [0.05, 0.1) is 17.6 Å². The SMILES string of the molecule is Fc1ccc(Cn2c(NC3CCN(CCCNc4ccccc4)CC3)nc3ccccc32)cc1. The number of nitrogens with one attached hydrogen (secondary N) is 2. The fourth-order valence-corrected chi connectivity index (χ4v) is 4.69. The molecular formula is C28H32FN5. The Morgan fingerprint density at radius 2 is 1.62 bits per heavy atom. The number of imidazole rings is 1. The molecule has 6 heteroatoms. The highest BCUT2D eigenvalue weighted by molar-refractivity contribution is 5.78. The lowest BCUT2D eigenvalue weighted by Gasteiger charge is -2.32. The van der Waals surface area contributed by atoms with Crippen molar-refractivity contribution in [2.24, 2.45) is 0 Å². The van der Waals surface area contributed by atoms with Gasteiger partial charge in [0.1, 0.15) is 5.82 Å². The number of rotatable bonds is 9. The third-order valence-electron chi connectivity index (χ3n) is 6.58. The summed E-state index contributed by atoms with van der Waals surface area (Å²) in [5.74, 6) is 0.691. The molecule has 1 saturated heterocycles. The highest BCUT2D eigenvalue weighted by Crippen LogP contribution is 2.24. The minimum absolute atomic E-state index is 0.208. The van der Waals surface area contributed by atoms with Crippen molar-refractivity contribution in [3.05, 3.63) is 90.2 Å². The molecule has 4 aromatic rings. The number of para-hydroxylation sites is 3. The number of halogens is 1. The average molecular weight is 458 g/mol. The summed E-state index contributed by atoms with van der Waals surface area (Å²) in [6.45, 7) is 4.98. The number of hydrogen-bond acceptors (Lipinski definition) is 4. The quantitative estimate of drug-likeness (QED) is 0.321. The van der Waals surface area contributed by atoms with E-state index >= 15 is 0 Å². The van der Waals surface area contributed by atoms with Crippen LogP contribution in [0.4, 0.5) is 16.0 Å². The van der Waals surface area contributed by atoms with Gasteiger partial charge in [-0.05, 0) is 67.8 Å². The van der Waals surface area contributed by atoms with Gasteiger partial charge in [0.2, 0.25) is 5.95 Å². The Kier molecular flexibility index (Phi) is 7.05. The van der Waals surface area contributed by atoms with E-state index in [1.807, 2.05) is 36.4 Å². The van der Waals surface area contributed by atoms with Crippen molar-refractivity contribution in [1.82, 2.24) is 14.5 Å². The number of hydrogen-bond donors (Lipinski definition) is 2. The van der Waals surface area contributed by atoms with E-state index in [0.29, 0.717) is 12.6 Å². The lowest BCUT2D eigenvalue weighted by atomic mass is 10.1. The Morgan fingerprint density at radius 3 is 2.41 bits per heavy atom. The van der Waals surface area contributed by atoms with E-state index in [-0.39, 0.29) is 5.82 Å². The molecule has 0 aliphatic carbocycles. The topological polar surface area (TPSA) is 45.1 Å². The van der Waals surface area contributed by atoms with Crippen LogP contribution in [-0.2, 0) is 6.54 Å². The predicted molar refractivity (Wildman–Crippen MR) is 138 cm³/mol. The van der Waals surface area contributed by atoms with Gasteiger partial charge in [-0.25, -0.2) is 9.37 Å². The van der Waals surface area contributed by atoms with Crippen molar-refractivity contribution in [2.75, 3.05) is 36.8 Å². The minimum atomic E-state index is -0.208. The second-order valence-corrected chi connectivity index (χ2v) is 9.04. The van der Waals surface area contributed by atoms with E-state index in [1.165, 1.54) is 17.8 Å². The number of benzene rings is 3. The van der Waals surface area contributed by atoms with Crippen LogP contribution in [0.1, 0.15) is 24.8 Å². The number of anilines is 2. The van der Waals surface area contributed by atoms with E-state index in [1.54, 1.807) is 0 Å². The van der Waals surface area contributed by atoms with Crippen LogP contribution >= 0.6 is 0 Å². The first-order valence-corrected chi connectivity index (χ1v) is 12.2. The molecule has 2 N–H and O–H groups in total. The van der Waals surface area contributed by atoms with Gasteiger partial charge in [-0.2, -0.15) is 0 Å². The summed E-state index contributed by atoms with van der Waals surface area (Å²) in [7, 11) is 0. The fraction of sp³-hybridized carbons (Fsp3) is 0.321. The molecule has 5 rings (SSSR count). The standard InChI is InChI=1S/C28H32FN5/c29-23-13-11-22(12-14-23)21-34-27-10-5-4-9-26(27)32-28(34)31-25-15-19-33(20-16-25)18-6-17-30-24-7-2-1-3-8-24/h1-5,7-14,25,30H,6,15-21H2,(H,31,32). The van der Waals surface area contributed by atoms with Crippen LogP contribution in [0.2, 0.25) is 0 Å². The summed E-state index contributed by atoms with van der Waals surface area (Å²) in [6.07, 6.45) is 3.35. The van der Waals surface area contributed by atoms with Crippen LogP contribution in [0.5, 0.6) is 0 Å². The van der Waals surface area contributed by atoms with Gasteiger partial charge < -0.3 is 20.1 Å². The highest BCUT2D eigenvalue weighted by Gasteiger charge is 2.21. The van der Waals surface area contributed by atoms with Gasteiger partial charge in [0.15, 0.2) is 0 Å². The fourth-order valence-electron chi connectivity index (χ4n) is 4.69. The largest absolute Gasteiger partial charge is 0.385 e. The zero-order valence-corrected chi connectivity index (χ0v) is 19.5. The Labute approximate surface area is 200 Å². The zero-order chi connectivity index (χ0) is 23.2. The van der Waals surface area contributed by atoms with Gasteiger partial charge in [0, 0.05) is 31.4 Å². The predicted octanol–water partition coefficient (Wildman–Crippen LogP) is 5.60. The van der Waals surface area contributed by atoms with E-state index in [4.69, 9.17) is 4.98 Å². The smallest absolute Gasteiger partial charge is 0.204 e. The highest BCUT2D eigenvalue weighted by atomic mass is 19.1. The second kappa shape index (κ2) is 10.7. The Bertz CT molecular complexity index is 1180. The molecule has 5 nitrogen and oxygen atoms in total. The van der Waals surface area contributed by atoms with Gasteiger partial charge >= 0.3 is 0 Å². The van der Waals surface area contributed by atoms with E-state index in [9.17, 15) is 4.39 Å². The van der Waals surface area contributed by atoms with Crippen molar-refractivity contribution in [1.29, 1.82) is 0 Å². The first-order valence-electron chi connectivity index (χ1n) is 12.2. The molecule has 3 aromatic carbocycles. The van der Waals surface area contributed by atoms with Crippen molar-refractivity contribution in [3.8, 4) is 0 Å². The minimum Gasteiger partial charge on any atom is -0.385 e. The normalized spacial score (nSPS) is 15.0. The molecule has 0 atom stereocenters. The maximum atomic E-state index is 13.4. The molecule has 2 heterocycles. The first kappa shape index (κ1) is 22.4. The third-order valence-corrected chi connectivity index (χ3v) is 6.58. The number of nitrogens with zero attached hydrogens (tertiary/aromatic N) is 3. The molecular weight excluding hydrogens is 425 g/mol. The van der Waals surface area contributed by atoms with E-state index < -0.39 is 0 Å². The van der Waals surface area contributed by atoms with Crippen LogP contribution in [-0.4, -0.2) is 46.7 Å². The van der Waals surface area contributed by atoms with Crippen molar-refractivity contribution in [2.45, 2.75) is 31.8 Å². The lowest BCUT2D eigenvalue weighted by molar-refractivity contribution is 0.218. The summed E-state index contributed by atoms with van der Waals surface area (Å²) in [5.41, 5.74) is 4.33. The zero-order valence-electron chi connectivity index (χ0n) is 19.5. The van der Waals surface area contributed by atoms with Gasteiger partial charge in [-0.3, -0.25) is 0 Å².